The Morgan fingerprint density at radius 1 is 1.53 bits per heavy atom. The van der Waals surface area contributed by atoms with E-state index < -0.39 is 0 Å². The molecule has 0 unspecified atom stereocenters. The predicted molar refractivity (Wildman–Crippen MR) is 59.7 cm³/mol. The summed E-state index contributed by atoms with van der Waals surface area (Å²) in [6.45, 7) is 4.32. The largest absolute Gasteiger partial charge is 0.381 e. The molecule has 2 rings (SSSR count). The zero-order chi connectivity index (χ0) is 10.7. The lowest BCUT2D eigenvalue weighted by atomic mass is 9.96. The fourth-order valence-electron chi connectivity index (χ4n) is 2.07. The molecule has 0 spiro atoms. The summed E-state index contributed by atoms with van der Waals surface area (Å²) in [4.78, 5) is 4.57. The van der Waals surface area contributed by atoms with Crippen molar-refractivity contribution in [1.29, 1.82) is 0 Å². The standard InChI is InChI=1S/C12H18N2O/c1-2-10-3-4-11(12(7-13)14-10)9-5-6-15-8-9/h3-4,9H,2,5-8,13H2,1H3/t9-/m1/s1. The Morgan fingerprint density at radius 3 is 3.00 bits per heavy atom. The van der Waals surface area contributed by atoms with Crippen LogP contribution < -0.4 is 5.73 Å². The van der Waals surface area contributed by atoms with E-state index >= 15 is 0 Å². The van der Waals surface area contributed by atoms with Gasteiger partial charge in [-0.15, -0.1) is 0 Å². The van der Waals surface area contributed by atoms with E-state index in [1.165, 1.54) is 5.56 Å². The number of aromatic nitrogens is 1. The molecule has 1 aliphatic rings. The lowest BCUT2D eigenvalue weighted by Crippen LogP contribution is -2.10. The molecular formula is C12H18N2O. The summed E-state index contributed by atoms with van der Waals surface area (Å²) in [5.74, 6) is 0.502. The number of nitrogens with zero attached hydrogens (tertiary/aromatic N) is 1. The van der Waals surface area contributed by atoms with Gasteiger partial charge in [0.15, 0.2) is 0 Å². The number of hydrogen-bond acceptors (Lipinski definition) is 3. The number of rotatable bonds is 3. The highest BCUT2D eigenvalue weighted by Crippen LogP contribution is 2.27. The molecule has 2 N–H and O–H groups in total. The van der Waals surface area contributed by atoms with Crippen LogP contribution in [0.25, 0.3) is 0 Å². The summed E-state index contributed by atoms with van der Waals surface area (Å²) in [5, 5.41) is 0. The Morgan fingerprint density at radius 2 is 2.40 bits per heavy atom. The molecule has 0 bridgehead atoms. The first-order chi connectivity index (χ1) is 7.35. The van der Waals surface area contributed by atoms with Gasteiger partial charge in [0, 0.05) is 24.8 Å². The van der Waals surface area contributed by atoms with Crippen LogP contribution in [0.3, 0.4) is 0 Å². The van der Waals surface area contributed by atoms with E-state index in [-0.39, 0.29) is 0 Å². The third-order valence-corrected chi connectivity index (χ3v) is 2.99. The third-order valence-electron chi connectivity index (χ3n) is 2.99. The molecule has 1 aromatic rings. The zero-order valence-electron chi connectivity index (χ0n) is 9.20. The monoisotopic (exact) mass is 206 g/mol. The van der Waals surface area contributed by atoms with E-state index in [1.54, 1.807) is 0 Å². The summed E-state index contributed by atoms with van der Waals surface area (Å²) in [6, 6.07) is 4.28. The van der Waals surface area contributed by atoms with Gasteiger partial charge in [0.25, 0.3) is 0 Å². The lowest BCUT2D eigenvalue weighted by Gasteiger charge is -2.13. The van der Waals surface area contributed by atoms with Crippen molar-refractivity contribution < 1.29 is 4.74 Å². The van der Waals surface area contributed by atoms with Crippen molar-refractivity contribution in [3.63, 3.8) is 0 Å². The van der Waals surface area contributed by atoms with Gasteiger partial charge in [-0.05, 0) is 24.5 Å². The first-order valence-corrected chi connectivity index (χ1v) is 5.61. The highest BCUT2D eigenvalue weighted by atomic mass is 16.5. The van der Waals surface area contributed by atoms with Gasteiger partial charge in [-0.3, -0.25) is 4.98 Å². The molecule has 0 radical (unpaired) electrons. The van der Waals surface area contributed by atoms with Gasteiger partial charge in [0.05, 0.1) is 12.3 Å². The van der Waals surface area contributed by atoms with Gasteiger partial charge in [-0.2, -0.15) is 0 Å². The van der Waals surface area contributed by atoms with Crippen LogP contribution in [0.1, 0.15) is 36.2 Å². The molecule has 3 nitrogen and oxygen atoms in total. The van der Waals surface area contributed by atoms with E-state index in [0.29, 0.717) is 12.5 Å². The van der Waals surface area contributed by atoms with Crippen molar-refractivity contribution in [2.45, 2.75) is 32.2 Å². The predicted octanol–water partition coefficient (Wildman–Crippen LogP) is 1.61. The number of pyridine rings is 1. The zero-order valence-corrected chi connectivity index (χ0v) is 9.20. The number of aryl methyl sites for hydroxylation is 1. The molecule has 0 aromatic carbocycles. The summed E-state index contributed by atoms with van der Waals surface area (Å²) in [7, 11) is 0. The van der Waals surface area contributed by atoms with Gasteiger partial charge in [0.2, 0.25) is 0 Å². The Kier molecular flexibility index (Phi) is 3.34. The van der Waals surface area contributed by atoms with Gasteiger partial charge in [-0.1, -0.05) is 13.0 Å². The highest BCUT2D eigenvalue weighted by molar-refractivity contribution is 5.27. The molecule has 3 heteroatoms. The minimum absolute atomic E-state index is 0.502. The highest BCUT2D eigenvalue weighted by Gasteiger charge is 2.20. The fourth-order valence-corrected chi connectivity index (χ4v) is 2.07. The molecule has 1 saturated heterocycles. The minimum atomic E-state index is 0.502. The maximum atomic E-state index is 5.74. The van der Waals surface area contributed by atoms with Crippen LogP contribution in [-0.4, -0.2) is 18.2 Å². The summed E-state index contributed by atoms with van der Waals surface area (Å²) in [5.41, 5.74) is 9.19. The first-order valence-electron chi connectivity index (χ1n) is 5.61. The van der Waals surface area contributed by atoms with Crippen molar-refractivity contribution in [3.05, 3.63) is 29.1 Å². The third kappa shape index (κ3) is 2.19. The van der Waals surface area contributed by atoms with E-state index in [1.807, 2.05) is 0 Å². The molecule has 1 aromatic heterocycles. The smallest absolute Gasteiger partial charge is 0.0578 e. The second kappa shape index (κ2) is 4.73. The normalized spacial score (nSPS) is 20.8. The van der Waals surface area contributed by atoms with Gasteiger partial charge < -0.3 is 10.5 Å². The molecule has 1 aliphatic heterocycles. The number of ether oxygens (including phenoxy) is 1. The average Bonchev–Trinajstić information content (AvgIpc) is 2.81. The summed E-state index contributed by atoms with van der Waals surface area (Å²) >= 11 is 0. The molecule has 0 aliphatic carbocycles. The fraction of sp³-hybridized carbons (Fsp3) is 0.583. The lowest BCUT2D eigenvalue weighted by molar-refractivity contribution is 0.193. The van der Waals surface area contributed by atoms with E-state index in [9.17, 15) is 0 Å². The molecule has 15 heavy (non-hydrogen) atoms. The molecule has 0 amide bonds. The van der Waals surface area contributed by atoms with Crippen LogP contribution in [0.15, 0.2) is 12.1 Å². The Labute approximate surface area is 90.7 Å². The van der Waals surface area contributed by atoms with Crippen molar-refractivity contribution in [1.82, 2.24) is 4.98 Å². The molecule has 82 valence electrons. The molecule has 0 saturated carbocycles. The Bertz CT molecular complexity index is 332. The quantitative estimate of drug-likeness (QED) is 0.817. The first kappa shape index (κ1) is 10.6. The van der Waals surface area contributed by atoms with Crippen LogP contribution in [0, 0.1) is 0 Å². The summed E-state index contributed by atoms with van der Waals surface area (Å²) < 4.78 is 5.40. The van der Waals surface area contributed by atoms with Crippen LogP contribution >= 0.6 is 0 Å². The van der Waals surface area contributed by atoms with Crippen LogP contribution in [0.4, 0.5) is 0 Å². The van der Waals surface area contributed by atoms with Crippen LogP contribution in [0.2, 0.25) is 0 Å². The minimum Gasteiger partial charge on any atom is -0.381 e. The maximum absolute atomic E-state index is 5.74. The number of nitrogens with two attached hydrogens (primary N) is 1. The summed E-state index contributed by atoms with van der Waals surface area (Å²) in [6.07, 6.45) is 2.06. The molecular weight excluding hydrogens is 188 g/mol. The molecule has 1 fully saturated rings. The van der Waals surface area contributed by atoms with E-state index in [2.05, 4.69) is 24.0 Å². The van der Waals surface area contributed by atoms with E-state index in [4.69, 9.17) is 10.5 Å². The van der Waals surface area contributed by atoms with E-state index in [0.717, 1.165) is 37.4 Å². The SMILES string of the molecule is CCc1ccc([C@@H]2CCOC2)c(CN)n1. The molecule has 1 atom stereocenters. The molecule has 2 heterocycles. The second-order valence-corrected chi connectivity index (χ2v) is 3.96. The van der Waals surface area contributed by atoms with Gasteiger partial charge in [0.1, 0.15) is 0 Å². The van der Waals surface area contributed by atoms with Crippen molar-refractivity contribution in [3.8, 4) is 0 Å². The Balaban J connectivity index is 2.29. The average molecular weight is 206 g/mol. The van der Waals surface area contributed by atoms with Crippen molar-refractivity contribution in [2.24, 2.45) is 5.73 Å². The second-order valence-electron chi connectivity index (χ2n) is 3.96. The van der Waals surface area contributed by atoms with Crippen molar-refractivity contribution >= 4 is 0 Å². The van der Waals surface area contributed by atoms with Crippen LogP contribution in [0.5, 0.6) is 0 Å². The Hall–Kier alpha value is -0.930. The number of hydrogen-bond donors (Lipinski definition) is 1. The van der Waals surface area contributed by atoms with Gasteiger partial charge in [-0.25, -0.2) is 0 Å². The van der Waals surface area contributed by atoms with Crippen LogP contribution in [-0.2, 0) is 17.7 Å². The maximum Gasteiger partial charge on any atom is 0.0578 e. The van der Waals surface area contributed by atoms with Gasteiger partial charge >= 0.3 is 0 Å². The topological polar surface area (TPSA) is 48.1 Å². The van der Waals surface area contributed by atoms with Crippen molar-refractivity contribution in [2.75, 3.05) is 13.2 Å².